The average Bonchev–Trinajstić information content (AvgIpc) is 3.19. The first kappa shape index (κ1) is 20.7. The largest absolute Gasteiger partial charge is 0.240 e. The van der Waals surface area contributed by atoms with E-state index in [0.29, 0.717) is 5.56 Å². The lowest BCUT2D eigenvalue weighted by atomic mass is 10.1. The van der Waals surface area contributed by atoms with E-state index in [1.165, 1.54) is 30.3 Å². The molecule has 0 spiro atoms. The molecule has 0 aliphatic carbocycles. The van der Waals surface area contributed by atoms with Crippen molar-refractivity contribution in [1.82, 2.24) is 4.72 Å². The SMILES string of the molecule is Cc1cccc(S(=O)(=O)NC[C@@H](c2ccc(F)cc2)S(=O)(=O)c2cccs2)c1. The molecule has 1 N–H and O–H groups in total. The summed E-state index contributed by atoms with van der Waals surface area (Å²) in [4.78, 5) is 0.0545. The summed E-state index contributed by atoms with van der Waals surface area (Å²) in [5.74, 6) is -0.503. The van der Waals surface area contributed by atoms with E-state index < -0.39 is 30.9 Å². The number of nitrogens with one attached hydrogen (secondary N) is 1. The number of benzene rings is 2. The number of thiophene rings is 1. The van der Waals surface area contributed by atoms with Crippen LogP contribution in [0, 0.1) is 12.7 Å². The molecule has 0 fully saturated rings. The van der Waals surface area contributed by atoms with Crippen molar-refractivity contribution in [2.75, 3.05) is 6.54 Å². The van der Waals surface area contributed by atoms with Crippen LogP contribution in [-0.4, -0.2) is 23.4 Å². The molecule has 0 aliphatic rings. The van der Waals surface area contributed by atoms with E-state index in [1.54, 1.807) is 30.5 Å². The number of sulfone groups is 1. The minimum absolute atomic E-state index is 0.0545. The Kier molecular flexibility index (Phi) is 5.99. The van der Waals surface area contributed by atoms with Gasteiger partial charge in [0.05, 0.1) is 4.90 Å². The Hall–Kier alpha value is -2.07. The predicted octanol–water partition coefficient (Wildman–Crippen LogP) is 3.69. The fourth-order valence-corrected chi connectivity index (χ4v) is 6.82. The van der Waals surface area contributed by atoms with Gasteiger partial charge in [-0.2, -0.15) is 0 Å². The third kappa shape index (κ3) is 4.49. The Morgan fingerprint density at radius 1 is 1.00 bits per heavy atom. The van der Waals surface area contributed by atoms with Crippen LogP contribution >= 0.6 is 11.3 Å². The first-order chi connectivity index (χ1) is 13.2. The monoisotopic (exact) mass is 439 g/mol. The fourth-order valence-electron chi connectivity index (χ4n) is 2.70. The minimum atomic E-state index is -3.91. The first-order valence-corrected chi connectivity index (χ1v) is 12.2. The van der Waals surface area contributed by atoms with Crippen molar-refractivity contribution in [3.8, 4) is 0 Å². The molecule has 3 rings (SSSR count). The van der Waals surface area contributed by atoms with E-state index >= 15 is 0 Å². The van der Waals surface area contributed by atoms with Crippen LogP contribution < -0.4 is 4.72 Å². The summed E-state index contributed by atoms with van der Waals surface area (Å²) in [7, 11) is -7.78. The molecule has 0 unspecified atom stereocenters. The van der Waals surface area contributed by atoms with Crippen LogP contribution in [-0.2, 0) is 19.9 Å². The highest BCUT2D eigenvalue weighted by atomic mass is 32.2. The van der Waals surface area contributed by atoms with E-state index in [0.717, 1.165) is 29.0 Å². The molecule has 1 aromatic heterocycles. The number of hydrogen-bond acceptors (Lipinski definition) is 5. The number of halogens is 1. The zero-order chi connectivity index (χ0) is 20.4. The van der Waals surface area contributed by atoms with E-state index in [-0.39, 0.29) is 15.6 Å². The Labute approximate surface area is 167 Å². The number of rotatable bonds is 7. The van der Waals surface area contributed by atoms with Gasteiger partial charge in [0.1, 0.15) is 15.3 Å². The van der Waals surface area contributed by atoms with Gasteiger partial charge in [-0.15, -0.1) is 11.3 Å². The highest BCUT2D eigenvalue weighted by Crippen LogP contribution is 2.31. The van der Waals surface area contributed by atoms with Gasteiger partial charge in [-0.1, -0.05) is 30.3 Å². The summed E-state index contributed by atoms with van der Waals surface area (Å²) >= 11 is 1.05. The Balaban J connectivity index is 1.95. The second-order valence-corrected chi connectivity index (χ2v) is 11.3. The quantitative estimate of drug-likeness (QED) is 0.609. The Morgan fingerprint density at radius 2 is 1.71 bits per heavy atom. The maximum absolute atomic E-state index is 13.3. The molecule has 9 heteroatoms. The predicted molar refractivity (Wildman–Crippen MR) is 107 cm³/mol. The molecule has 1 heterocycles. The average molecular weight is 440 g/mol. The van der Waals surface area contributed by atoms with Gasteiger partial charge in [-0.3, -0.25) is 0 Å². The van der Waals surface area contributed by atoms with E-state index in [4.69, 9.17) is 0 Å². The molecule has 3 aromatic rings. The smallest absolute Gasteiger partial charge is 0.222 e. The number of sulfonamides is 1. The van der Waals surface area contributed by atoms with Crippen molar-refractivity contribution < 1.29 is 21.2 Å². The van der Waals surface area contributed by atoms with Gasteiger partial charge in [0, 0.05) is 6.54 Å². The van der Waals surface area contributed by atoms with E-state index in [2.05, 4.69) is 4.72 Å². The maximum atomic E-state index is 13.3. The lowest BCUT2D eigenvalue weighted by Crippen LogP contribution is -2.31. The van der Waals surface area contributed by atoms with Crippen LogP contribution in [0.2, 0.25) is 0 Å². The molecule has 0 saturated carbocycles. The van der Waals surface area contributed by atoms with E-state index in [9.17, 15) is 21.2 Å². The molecular weight excluding hydrogens is 421 g/mol. The summed E-state index contributed by atoms with van der Waals surface area (Å²) in [5.41, 5.74) is 1.07. The second-order valence-electron chi connectivity index (χ2n) is 6.19. The van der Waals surface area contributed by atoms with Crippen LogP contribution in [0.15, 0.2) is 75.1 Å². The zero-order valence-corrected chi connectivity index (χ0v) is 17.3. The van der Waals surface area contributed by atoms with Crippen molar-refractivity contribution in [3.05, 3.63) is 83.0 Å². The first-order valence-electron chi connectivity index (χ1n) is 8.29. The van der Waals surface area contributed by atoms with Crippen LogP contribution in [0.3, 0.4) is 0 Å². The highest BCUT2D eigenvalue weighted by Gasteiger charge is 2.31. The van der Waals surface area contributed by atoms with Crippen molar-refractivity contribution in [2.45, 2.75) is 21.3 Å². The van der Waals surface area contributed by atoms with Gasteiger partial charge < -0.3 is 0 Å². The molecule has 0 amide bonds. The lowest BCUT2D eigenvalue weighted by Gasteiger charge is -2.18. The number of hydrogen-bond donors (Lipinski definition) is 1. The minimum Gasteiger partial charge on any atom is -0.222 e. The molecule has 0 bridgehead atoms. The third-order valence-electron chi connectivity index (χ3n) is 4.15. The lowest BCUT2D eigenvalue weighted by molar-refractivity contribution is 0.569. The second kappa shape index (κ2) is 8.12. The van der Waals surface area contributed by atoms with Gasteiger partial charge in [0.2, 0.25) is 10.0 Å². The summed E-state index contributed by atoms with van der Waals surface area (Å²) in [6.07, 6.45) is 0. The molecule has 1 atom stereocenters. The van der Waals surface area contributed by atoms with Crippen LogP contribution in [0.5, 0.6) is 0 Å². The molecule has 5 nitrogen and oxygen atoms in total. The Morgan fingerprint density at radius 3 is 2.32 bits per heavy atom. The van der Waals surface area contributed by atoms with Crippen molar-refractivity contribution >= 4 is 31.2 Å². The van der Waals surface area contributed by atoms with E-state index in [1.807, 2.05) is 0 Å². The molecule has 0 radical (unpaired) electrons. The van der Waals surface area contributed by atoms with Gasteiger partial charge in [-0.25, -0.2) is 25.9 Å². The summed E-state index contributed by atoms with van der Waals surface area (Å²) in [6, 6.07) is 14.4. The molecule has 0 aliphatic heterocycles. The molecule has 148 valence electrons. The van der Waals surface area contributed by atoms with Gasteiger partial charge in [-0.05, 0) is 53.8 Å². The molecule has 28 heavy (non-hydrogen) atoms. The van der Waals surface area contributed by atoms with Crippen molar-refractivity contribution in [3.63, 3.8) is 0 Å². The van der Waals surface area contributed by atoms with Gasteiger partial charge in [0.15, 0.2) is 9.84 Å². The maximum Gasteiger partial charge on any atom is 0.240 e. The normalized spacial score (nSPS) is 13.4. The third-order valence-corrected chi connectivity index (χ3v) is 9.10. The zero-order valence-electron chi connectivity index (χ0n) is 14.9. The van der Waals surface area contributed by atoms with Crippen LogP contribution in [0.4, 0.5) is 4.39 Å². The summed E-state index contributed by atoms with van der Waals surface area (Å²) < 4.78 is 67.2. The van der Waals surface area contributed by atoms with Gasteiger partial charge >= 0.3 is 0 Å². The molecule has 0 saturated heterocycles. The van der Waals surface area contributed by atoms with Crippen LogP contribution in [0.1, 0.15) is 16.4 Å². The number of aryl methyl sites for hydroxylation is 1. The van der Waals surface area contributed by atoms with Crippen molar-refractivity contribution in [2.24, 2.45) is 0 Å². The highest BCUT2D eigenvalue weighted by molar-refractivity contribution is 7.93. The van der Waals surface area contributed by atoms with Crippen molar-refractivity contribution in [1.29, 1.82) is 0 Å². The van der Waals surface area contributed by atoms with Crippen LogP contribution in [0.25, 0.3) is 0 Å². The standard InChI is InChI=1S/C19H18FNO4S3/c1-14-4-2-5-17(12-14)28(24,25)21-13-18(15-7-9-16(20)10-8-15)27(22,23)19-6-3-11-26-19/h2-12,18,21H,13H2,1H3/t18-/m0/s1. The molecule has 2 aromatic carbocycles. The van der Waals surface area contributed by atoms with Gasteiger partial charge in [0.25, 0.3) is 0 Å². The fraction of sp³-hybridized carbons (Fsp3) is 0.158. The topological polar surface area (TPSA) is 80.3 Å². The molecular formula is C19H18FNO4S3. The summed E-state index contributed by atoms with van der Waals surface area (Å²) in [5, 5.41) is 0.442. The Bertz CT molecular complexity index is 1160. The summed E-state index contributed by atoms with van der Waals surface area (Å²) in [6.45, 7) is 1.39.